The fourth-order valence-electron chi connectivity index (χ4n) is 1.22. The zero-order valence-corrected chi connectivity index (χ0v) is 10.3. The molecule has 0 saturated carbocycles. The molecule has 0 bridgehead atoms. The summed E-state index contributed by atoms with van der Waals surface area (Å²) in [5.74, 6) is 3.20. The lowest BCUT2D eigenvalue weighted by molar-refractivity contribution is -0.124. The molecule has 1 aliphatic heterocycles. The molecule has 1 fully saturated rings. The van der Waals surface area contributed by atoms with Crippen molar-refractivity contribution in [1.29, 1.82) is 0 Å². The third-order valence-electron chi connectivity index (χ3n) is 2.19. The van der Waals surface area contributed by atoms with Gasteiger partial charge in [-0.3, -0.25) is 4.79 Å². The van der Waals surface area contributed by atoms with Gasteiger partial charge in [-0.25, -0.2) is 0 Å². The Kier molecular flexibility index (Phi) is 5.17. The van der Waals surface area contributed by atoms with Crippen LogP contribution >= 0.6 is 27.7 Å². The van der Waals surface area contributed by atoms with Crippen molar-refractivity contribution in [2.24, 2.45) is 11.8 Å². The first-order valence-corrected chi connectivity index (χ1v) is 6.93. The maximum Gasteiger partial charge on any atom is 0.223 e. The molecule has 1 heterocycles. The number of hydrogen-bond donors (Lipinski definition) is 1. The van der Waals surface area contributed by atoms with Crippen LogP contribution in [0.4, 0.5) is 0 Å². The van der Waals surface area contributed by atoms with Crippen LogP contribution in [0.3, 0.4) is 0 Å². The van der Waals surface area contributed by atoms with Gasteiger partial charge in [0.2, 0.25) is 5.91 Å². The second-order valence-electron chi connectivity index (χ2n) is 3.57. The van der Waals surface area contributed by atoms with Crippen LogP contribution in [0.25, 0.3) is 0 Å². The number of halogens is 1. The standard InChI is InChI=1S/C9H16BrNOS/c1-7(4-10)5-11-9(12)8-2-3-13-6-8/h7-8H,2-6H2,1H3,(H,11,12). The quantitative estimate of drug-likeness (QED) is 0.787. The Morgan fingerprint density at radius 1 is 1.77 bits per heavy atom. The van der Waals surface area contributed by atoms with E-state index in [1.807, 2.05) is 11.8 Å². The van der Waals surface area contributed by atoms with Crippen LogP contribution in [0.2, 0.25) is 0 Å². The first kappa shape index (κ1) is 11.4. The monoisotopic (exact) mass is 265 g/mol. The van der Waals surface area contributed by atoms with Gasteiger partial charge in [-0.05, 0) is 18.1 Å². The van der Waals surface area contributed by atoms with E-state index in [4.69, 9.17) is 0 Å². The van der Waals surface area contributed by atoms with Gasteiger partial charge in [0.05, 0.1) is 0 Å². The SMILES string of the molecule is CC(CBr)CNC(=O)C1CCSC1. The summed E-state index contributed by atoms with van der Waals surface area (Å²) in [7, 11) is 0. The zero-order chi connectivity index (χ0) is 9.68. The van der Waals surface area contributed by atoms with Crippen LogP contribution in [0.5, 0.6) is 0 Å². The van der Waals surface area contributed by atoms with Gasteiger partial charge in [0.25, 0.3) is 0 Å². The van der Waals surface area contributed by atoms with E-state index >= 15 is 0 Å². The number of alkyl halides is 1. The first-order valence-electron chi connectivity index (χ1n) is 4.65. The van der Waals surface area contributed by atoms with E-state index in [-0.39, 0.29) is 11.8 Å². The summed E-state index contributed by atoms with van der Waals surface area (Å²) in [4.78, 5) is 11.5. The summed E-state index contributed by atoms with van der Waals surface area (Å²) in [6, 6.07) is 0. The third-order valence-corrected chi connectivity index (χ3v) is 4.46. The summed E-state index contributed by atoms with van der Waals surface area (Å²) in [6.45, 7) is 2.92. The number of nitrogens with one attached hydrogen (secondary N) is 1. The summed E-state index contributed by atoms with van der Waals surface area (Å²) in [5.41, 5.74) is 0. The van der Waals surface area contributed by atoms with E-state index in [0.717, 1.165) is 29.8 Å². The predicted octanol–water partition coefficient (Wildman–Crippen LogP) is 1.89. The lowest BCUT2D eigenvalue weighted by Crippen LogP contribution is -2.34. The van der Waals surface area contributed by atoms with Gasteiger partial charge >= 0.3 is 0 Å². The molecule has 13 heavy (non-hydrogen) atoms. The average Bonchev–Trinajstić information content (AvgIpc) is 2.66. The van der Waals surface area contributed by atoms with Crippen LogP contribution in [0.1, 0.15) is 13.3 Å². The summed E-state index contributed by atoms with van der Waals surface area (Å²) in [6.07, 6.45) is 1.05. The molecule has 2 unspecified atom stereocenters. The van der Waals surface area contributed by atoms with E-state index in [1.165, 1.54) is 0 Å². The van der Waals surface area contributed by atoms with E-state index in [1.54, 1.807) is 0 Å². The largest absolute Gasteiger partial charge is 0.356 e. The van der Waals surface area contributed by atoms with Gasteiger partial charge in [0.1, 0.15) is 0 Å². The van der Waals surface area contributed by atoms with Gasteiger partial charge < -0.3 is 5.32 Å². The molecule has 76 valence electrons. The highest BCUT2D eigenvalue weighted by Gasteiger charge is 2.22. The molecule has 1 amide bonds. The molecule has 0 aromatic heterocycles. The molecular weight excluding hydrogens is 250 g/mol. The molecule has 1 N–H and O–H groups in total. The van der Waals surface area contributed by atoms with Crippen LogP contribution in [-0.4, -0.2) is 29.3 Å². The second kappa shape index (κ2) is 5.91. The van der Waals surface area contributed by atoms with Crippen LogP contribution in [-0.2, 0) is 4.79 Å². The predicted molar refractivity (Wildman–Crippen MR) is 61.4 cm³/mol. The molecule has 1 aliphatic rings. The second-order valence-corrected chi connectivity index (χ2v) is 5.36. The highest BCUT2D eigenvalue weighted by Crippen LogP contribution is 2.23. The molecule has 0 aliphatic carbocycles. The van der Waals surface area contributed by atoms with Crippen molar-refractivity contribution >= 4 is 33.6 Å². The van der Waals surface area contributed by atoms with E-state index in [0.29, 0.717) is 5.92 Å². The molecule has 1 saturated heterocycles. The Balaban J connectivity index is 2.16. The molecule has 0 radical (unpaired) electrons. The number of amides is 1. The van der Waals surface area contributed by atoms with Crippen molar-refractivity contribution in [3.63, 3.8) is 0 Å². The number of hydrogen-bond acceptors (Lipinski definition) is 2. The molecule has 2 atom stereocenters. The van der Waals surface area contributed by atoms with Crippen LogP contribution in [0.15, 0.2) is 0 Å². The van der Waals surface area contributed by atoms with Gasteiger partial charge in [-0.2, -0.15) is 11.8 Å². The number of rotatable bonds is 4. The van der Waals surface area contributed by atoms with Crippen molar-refractivity contribution in [3.05, 3.63) is 0 Å². The van der Waals surface area contributed by atoms with Gasteiger partial charge in [0, 0.05) is 23.5 Å². The normalized spacial score (nSPS) is 24.3. The highest BCUT2D eigenvalue weighted by molar-refractivity contribution is 9.09. The fraction of sp³-hybridized carbons (Fsp3) is 0.889. The van der Waals surface area contributed by atoms with E-state index < -0.39 is 0 Å². The van der Waals surface area contributed by atoms with Crippen molar-refractivity contribution in [3.8, 4) is 0 Å². The Morgan fingerprint density at radius 3 is 3.08 bits per heavy atom. The highest BCUT2D eigenvalue weighted by atomic mass is 79.9. The number of thioether (sulfide) groups is 1. The van der Waals surface area contributed by atoms with Crippen molar-refractivity contribution in [1.82, 2.24) is 5.32 Å². The summed E-state index contributed by atoms with van der Waals surface area (Å²) >= 11 is 5.27. The molecule has 1 rings (SSSR count). The third kappa shape index (κ3) is 3.90. The van der Waals surface area contributed by atoms with Gasteiger partial charge in [0.15, 0.2) is 0 Å². The molecule has 0 aromatic rings. The lowest BCUT2D eigenvalue weighted by atomic mass is 10.1. The van der Waals surface area contributed by atoms with Crippen LogP contribution < -0.4 is 5.32 Å². The maximum absolute atomic E-state index is 11.5. The van der Waals surface area contributed by atoms with E-state index in [9.17, 15) is 4.79 Å². The van der Waals surface area contributed by atoms with Crippen LogP contribution in [0, 0.1) is 11.8 Å². The molecule has 0 spiro atoms. The minimum Gasteiger partial charge on any atom is -0.356 e. The fourth-order valence-corrected chi connectivity index (χ4v) is 2.66. The maximum atomic E-state index is 11.5. The molecular formula is C9H16BrNOS. The Morgan fingerprint density at radius 2 is 2.54 bits per heavy atom. The Labute approximate surface area is 92.4 Å². The minimum atomic E-state index is 0.248. The summed E-state index contributed by atoms with van der Waals surface area (Å²) in [5, 5.41) is 3.94. The van der Waals surface area contributed by atoms with E-state index in [2.05, 4.69) is 28.2 Å². The minimum absolute atomic E-state index is 0.248. The lowest BCUT2D eigenvalue weighted by Gasteiger charge is -2.12. The Bertz CT molecular complexity index is 171. The smallest absolute Gasteiger partial charge is 0.223 e. The molecule has 2 nitrogen and oxygen atoms in total. The topological polar surface area (TPSA) is 29.1 Å². The first-order chi connectivity index (χ1) is 6.24. The van der Waals surface area contributed by atoms with Crippen molar-refractivity contribution in [2.45, 2.75) is 13.3 Å². The van der Waals surface area contributed by atoms with Crippen molar-refractivity contribution < 1.29 is 4.79 Å². The van der Waals surface area contributed by atoms with Gasteiger partial charge in [-0.15, -0.1) is 0 Å². The zero-order valence-electron chi connectivity index (χ0n) is 7.88. The average molecular weight is 266 g/mol. The summed E-state index contributed by atoms with van der Waals surface area (Å²) < 4.78 is 0. The molecule has 4 heteroatoms. The number of carbonyl (C=O) groups is 1. The Hall–Kier alpha value is 0.300. The number of carbonyl (C=O) groups excluding carboxylic acids is 1. The molecule has 0 aromatic carbocycles. The van der Waals surface area contributed by atoms with Crippen molar-refractivity contribution in [2.75, 3.05) is 23.4 Å². The van der Waals surface area contributed by atoms with Gasteiger partial charge in [-0.1, -0.05) is 22.9 Å².